The highest BCUT2D eigenvalue weighted by atomic mass is 16.5. The summed E-state index contributed by atoms with van der Waals surface area (Å²) >= 11 is 0. The smallest absolute Gasteiger partial charge is 0.221 e. The van der Waals surface area contributed by atoms with Crippen molar-refractivity contribution in [1.29, 1.82) is 0 Å². The number of H-pyrrole nitrogens is 1. The molecule has 3 N–H and O–H groups in total. The molecule has 3 aromatic rings. The van der Waals surface area contributed by atoms with Gasteiger partial charge >= 0.3 is 0 Å². The number of benzene rings is 1. The van der Waals surface area contributed by atoms with E-state index in [9.17, 15) is 0 Å². The fourth-order valence-corrected chi connectivity index (χ4v) is 1.98. The molecule has 1 aromatic carbocycles. The van der Waals surface area contributed by atoms with Gasteiger partial charge in [0.2, 0.25) is 5.88 Å². The van der Waals surface area contributed by atoms with Crippen LogP contribution in [0.25, 0.3) is 22.0 Å². The highest BCUT2D eigenvalue weighted by Gasteiger charge is 2.09. The molecule has 2 aromatic heterocycles. The molecule has 0 atom stereocenters. The number of anilines is 1. The number of nitrogens with zero attached hydrogens (tertiary/aromatic N) is 2. The van der Waals surface area contributed by atoms with E-state index in [0.29, 0.717) is 11.7 Å². The first-order valence-corrected chi connectivity index (χ1v) is 5.52. The molecule has 2 heterocycles. The second-order valence-corrected chi connectivity index (χ2v) is 3.93. The second-order valence-electron chi connectivity index (χ2n) is 3.93. The van der Waals surface area contributed by atoms with Crippen molar-refractivity contribution in [2.24, 2.45) is 0 Å². The van der Waals surface area contributed by atoms with Crippen LogP contribution in [0.4, 0.5) is 5.82 Å². The van der Waals surface area contributed by atoms with Gasteiger partial charge in [-0.05, 0) is 29.8 Å². The predicted molar refractivity (Wildman–Crippen MR) is 70.3 cm³/mol. The van der Waals surface area contributed by atoms with Crippen LogP contribution in [0.3, 0.4) is 0 Å². The van der Waals surface area contributed by atoms with Crippen LogP contribution in [-0.2, 0) is 0 Å². The highest BCUT2D eigenvalue weighted by Crippen LogP contribution is 2.30. The fraction of sp³-hybridized carbons (Fsp3) is 0.0769. The van der Waals surface area contributed by atoms with Crippen LogP contribution in [-0.4, -0.2) is 22.3 Å². The number of aromatic nitrogens is 3. The van der Waals surface area contributed by atoms with Crippen molar-refractivity contribution >= 4 is 16.7 Å². The Morgan fingerprint density at radius 3 is 3.00 bits per heavy atom. The average Bonchev–Trinajstić information content (AvgIpc) is 2.80. The highest BCUT2D eigenvalue weighted by molar-refractivity contribution is 5.92. The second kappa shape index (κ2) is 4.03. The van der Waals surface area contributed by atoms with Crippen molar-refractivity contribution in [2.45, 2.75) is 0 Å². The van der Waals surface area contributed by atoms with E-state index in [1.807, 2.05) is 30.3 Å². The molecule has 5 nitrogen and oxygen atoms in total. The van der Waals surface area contributed by atoms with E-state index in [1.165, 1.54) is 0 Å². The Bertz CT molecular complexity index is 705. The van der Waals surface area contributed by atoms with Gasteiger partial charge in [-0.3, -0.25) is 5.10 Å². The van der Waals surface area contributed by atoms with E-state index >= 15 is 0 Å². The Morgan fingerprint density at radius 1 is 1.28 bits per heavy atom. The standard InChI is InChI=1S/C13H12N4O/c1-18-13-9(3-2-6-15-13)8-4-5-11-10(7-8)12(14)17-16-11/h2-7H,1H3,(H3,14,16,17). The third kappa shape index (κ3) is 1.57. The Hall–Kier alpha value is -2.56. The SMILES string of the molecule is COc1ncccc1-c1ccc2[nH]nc(N)c2c1. The van der Waals surface area contributed by atoms with Gasteiger partial charge in [0.1, 0.15) is 0 Å². The van der Waals surface area contributed by atoms with Crippen molar-refractivity contribution in [3.63, 3.8) is 0 Å². The first kappa shape index (κ1) is 10.6. The predicted octanol–water partition coefficient (Wildman–Crippen LogP) is 2.22. The zero-order valence-electron chi connectivity index (χ0n) is 9.84. The molecule has 0 spiro atoms. The third-order valence-electron chi connectivity index (χ3n) is 2.87. The van der Waals surface area contributed by atoms with Crippen molar-refractivity contribution < 1.29 is 4.74 Å². The number of nitrogen functional groups attached to an aromatic ring is 1. The van der Waals surface area contributed by atoms with Gasteiger partial charge in [-0.2, -0.15) is 5.10 Å². The Labute approximate surface area is 104 Å². The molecule has 0 aliphatic carbocycles. The van der Waals surface area contributed by atoms with Gasteiger partial charge in [0.25, 0.3) is 0 Å². The van der Waals surface area contributed by atoms with Crippen LogP contribution >= 0.6 is 0 Å². The van der Waals surface area contributed by atoms with E-state index < -0.39 is 0 Å². The first-order chi connectivity index (χ1) is 8.79. The van der Waals surface area contributed by atoms with Gasteiger partial charge in [0, 0.05) is 17.1 Å². The summed E-state index contributed by atoms with van der Waals surface area (Å²) in [5.41, 5.74) is 8.65. The fourth-order valence-electron chi connectivity index (χ4n) is 1.98. The minimum atomic E-state index is 0.495. The van der Waals surface area contributed by atoms with Crippen LogP contribution in [0.2, 0.25) is 0 Å². The van der Waals surface area contributed by atoms with Gasteiger partial charge < -0.3 is 10.5 Å². The van der Waals surface area contributed by atoms with Crippen LogP contribution < -0.4 is 10.5 Å². The summed E-state index contributed by atoms with van der Waals surface area (Å²) in [6.45, 7) is 0. The summed E-state index contributed by atoms with van der Waals surface area (Å²) < 4.78 is 5.26. The zero-order valence-corrected chi connectivity index (χ0v) is 9.84. The zero-order chi connectivity index (χ0) is 12.5. The summed E-state index contributed by atoms with van der Waals surface area (Å²) in [4.78, 5) is 4.19. The summed E-state index contributed by atoms with van der Waals surface area (Å²) in [5, 5.41) is 7.75. The number of fused-ring (bicyclic) bond motifs is 1. The largest absolute Gasteiger partial charge is 0.481 e. The first-order valence-electron chi connectivity index (χ1n) is 5.52. The average molecular weight is 240 g/mol. The van der Waals surface area contributed by atoms with Crippen LogP contribution in [0.1, 0.15) is 0 Å². The number of nitrogens with two attached hydrogens (primary N) is 1. The lowest BCUT2D eigenvalue weighted by molar-refractivity contribution is 0.399. The van der Waals surface area contributed by atoms with Crippen LogP contribution in [0.15, 0.2) is 36.5 Å². The van der Waals surface area contributed by atoms with Crippen LogP contribution in [0.5, 0.6) is 5.88 Å². The lowest BCUT2D eigenvalue weighted by atomic mass is 10.1. The number of pyridine rings is 1. The van der Waals surface area contributed by atoms with Gasteiger partial charge in [0.05, 0.1) is 12.6 Å². The molecule has 3 rings (SSSR count). The summed E-state index contributed by atoms with van der Waals surface area (Å²) in [6.07, 6.45) is 1.70. The molecule has 0 saturated carbocycles. The minimum absolute atomic E-state index is 0.495. The molecule has 0 amide bonds. The number of hydrogen-bond acceptors (Lipinski definition) is 4. The Morgan fingerprint density at radius 2 is 2.17 bits per heavy atom. The van der Waals surface area contributed by atoms with E-state index in [0.717, 1.165) is 22.0 Å². The Balaban J connectivity index is 2.21. The molecule has 5 heteroatoms. The van der Waals surface area contributed by atoms with Crippen molar-refractivity contribution in [3.05, 3.63) is 36.5 Å². The molecular formula is C13H12N4O. The lowest BCUT2D eigenvalue weighted by Crippen LogP contribution is -1.91. The molecule has 0 radical (unpaired) electrons. The summed E-state index contributed by atoms with van der Waals surface area (Å²) in [5.74, 6) is 1.09. The van der Waals surface area contributed by atoms with Gasteiger partial charge in [-0.25, -0.2) is 4.98 Å². The number of hydrogen-bond donors (Lipinski definition) is 2. The van der Waals surface area contributed by atoms with Gasteiger partial charge in [-0.1, -0.05) is 6.07 Å². The van der Waals surface area contributed by atoms with Crippen molar-refractivity contribution in [3.8, 4) is 17.0 Å². The maximum atomic E-state index is 5.80. The molecule has 0 aliphatic rings. The summed E-state index contributed by atoms with van der Waals surface area (Å²) in [6, 6.07) is 9.75. The van der Waals surface area contributed by atoms with E-state index in [4.69, 9.17) is 10.5 Å². The molecule has 0 unspecified atom stereocenters. The molecule has 0 fully saturated rings. The van der Waals surface area contributed by atoms with E-state index in [1.54, 1.807) is 13.3 Å². The molecular weight excluding hydrogens is 228 g/mol. The molecule has 18 heavy (non-hydrogen) atoms. The van der Waals surface area contributed by atoms with E-state index in [-0.39, 0.29) is 0 Å². The van der Waals surface area contributed by atoms with Crippen molar-refractivity contribution in [2.75, 3.05) is 12.8 Å². The molecule has 0 bridgehead atoms. The van der Waals surface area contributed by atoms with Gasteiger partial charge in [0.15, 0.2) is 5.82 Å². The topological polar surface area (TPSA) is 76.8 Å². The maximum Gasteiger partial charge on any atom is 0.221 e. The maximum absolute atomic E-state index is 5.80. The lowest BCUT2D eigenvalue weighted by Gasteiger charge is -2.06. The molecule has 0 aliphatic heterocycles. The van der Waals surface area contributed by atoms with Gasteiger partial charge in [-0.15, -0.1) is 0 Å². The number of nitrogens with one attached hydrogen (secondary N) is 1. The minimum Gasteiger partial charge on any atom is -0.481 e. The number of rotatable bonds is 2. The quantitative estimate of drug-likeness (QED) is 0.720. The molecule has 0 saturated heterocycles. The monoisotopic (exact) mass is 240 g/mol. The molecule has 90 valence electrons. The Kier molecular flexibility index (Phi) is 2.37. The van der Waals surface area contributed by atoms with Crippen LogP contribution in [0, 0.1) is 0 Å². The van der Waals surface area contributed by atoms with E-state index in [2.05, 4.69) is 15.2 Å². The number of ether oxygens (including phenoxy) is 1. The summed E-state index contributed by atoms with van der Waals surface area (Å²) in [7, 11) is 1.61. The number of aromatic amines is 1. The normalized spacial score (nSPS) is 10.7. The third-order valence-corrected chi connectivity index (χ3v) is 2.87. The number of methoxy groups -OCH3 is 1. The van der Waals surface area contributed by atoms with Crippen molar-refractivity contribution in [1.82, 2.24) is 15.2 Å².